The van der Waals surface area contributed by atoms with Crippen LogP contribution < -0.4 is 0 Å². The van der Waals surface area contributed by atoms with Gasteiger partial charge in [0.25, 0.3) is 0 Å². The Bertz CT molecular complexity index is 297. The minimum atomic E-state index is -2.32. The molecule has 0 N–H and O–H groups in total. The second-order valence-electron chi connectivity index (χ2n) is 7.19. The Balaban J connectivity index is 2.29. The zero-order valence-electron chi connectivity index (χ0n) is 13.4. The molecule has 112 valence electrons. The van der Waals surface area contributed by atoms with Gasteiger partial charge in [-0.15, -0.1) is 0 Å². The van der Waals surface area contributed by atoms with E-state index in [-0.39, 0.29) is 5.04 Å². The summed E-state index contributed by atoms with van der Waals surface area (Å²) in [5.74, 6) is 0.877. The third-order valence-electron chi connectivity index (χ3n) is 5.12. The van der Waals surface area contributed by atoms with Gasteiger partial charge in [0.2, 0.25) is 0 Å². The maximum Gasteiger partial charge on any atom is 0.433 e. The van der Waals surface area contributed by atoms with Gasteiger partial charge < -0.3 is 8.85 Å². The van der Waals surface area contributed by atoms with Crippen molar-refractivity contribution in [3.8, 4) is 0 Å². The maximum atomic E-state index is 6.08. The fourth-order valence-corrected chi connectivity index (χ4v) is 8.30. The van der Waals surface area contributed by atoms with Crippen molar-refractivity contribution in [3.63, 3.8) is 0 Å². The summed E-state index contributed by atoms with van der Waals surface area (Å²) in [5.41, 5.74) is 0. The molecule has 3 nitrogen and oxygen atoms in total. The van der Waals surface area contributed by atoms with E-state index < -0.39 is 8.72 Å². The van der Waals surface area contributed by atoms with Crippen LogP contribution in [0.3, 0.4) is 0 Å². The molecule has 0 bridgehead atoms. The molecule has 2 atom stereocenters. The summed E-state index contributed by atoms with van der Waals surface area (Å²) >= 11 is 0. The molecule has 0 radical (unpaired) electrons. The normalized spacial score (nSPS) is 30.2. The van der Waals surface area contributed by atoms with Crippen molar-refractivity contribution in [2.45, 2.75) is 70.4 Å². The molecule has 0 spiro atoms. The lowest BCUT2D eigenvalue weighted by atomic mass is 9.79. The van der Waals surface area contributed by atoms with Gasteiger partial charge in [-0.25, -0.2) is 0 Å². The Kier molecular flexibility index (Phi) is 4.76. The summed E-state index contributed by atoms with van der Waals surface area (Å²) in [5, 5.41) is 0.0792. The van der Waals surface area contributed by atoms with Crippen molar-refractivity contribution in [3.05, 3.63) is 0 Å². The first-order valence-electron chi connectivity index (χ1n) is 7.83. The molecular formula is C15H31NO2Si. The molecule has 4 heteroatoms. The maximum absolute atomic E-state index is 6.08. The largest absolute Gasteiger partial charge is 0.433 e. The van der Waals surface area contributed by atoms with Crippen LogP contribution in [-0.4, -0.2) is 40.1 Å². The summed E-state index contributed by atoms with van der Waals surface area (Å²) in [6.45, 7) is 7.99. The molecule has 1 heterocycles. The third kappa shape index (κ3) is 2.65. The van der Waals surface area contributed by atoms with Crippen molar-refractivity contribution in [2.24, 2.45) is 5.92 Å². The van der Waals surface area contributed by atoms with Crippen molar-refractivity contribution >= 4 is 8.72 Å². The second-order valence-corrected chi connectivity index (χ2v) is 11.2. The van der Waals surface area contributed by atoms with Crippen molar-refractivity contribution in [1.82, 2.24) is 4.57 Å². The molecule has 1 aliphatic heterocycles. The van der Waals surface area contributed by atoms with Crippen LogP contribution in [-0.2, 0) is 8.85 Å². The highest BCUT2D eigenvalue weighted by Crippen LogP contribution is 2.45. The molecule has 0 aromatic heterocycles. The van der Waals surface area contributed by atoms with Gasteiger partial charge in [-0.3, -0.25) is 4.57 Å². The molecule has 2 fully saturated rings. The molecular weight excluding hydrogens is 254 g/mol. The summed E-state index contributed by atoms with van der Waals surface area (Å²) in [6.07, 6.45) is 8.24. The lowest BCUT2D eigenvalue weighted by Crippen LogP contribution is -2.68. The monoisotopic (exact) mass is 285 g/mol. The summed E-state index contributed by atoms with van der Waals surface area (Å²) in [7, 11) is 1.39. The van der Waals surface area contributed by atoms with Crippen molar-refractivity contribution < 1.29 is 8.85 Å². The average molecular weight is 286 g/mol. The van der Waals surface area contributed by atoms with Crippen LogP contribution in [0.25, 0.3) is 0 Å². The van der Waals surface area contributed by atoms with Crippen LogP contribution in [0.15, 0.2) is 0 Å². The molecule has 1 aliphatic carbocycles. The van der Waals surface area contributed by atoms with Gasteiger partial charge >= 0.3 is 8.72 Å². The lowest BCUT2D eigenvalue weighted by molar-refractivity contribution is 0.0481. The molecule has 1 saturated carbocycles. The summed E-state index contributed by atoms with van der Waals surface area (Å²) in [6, 6.07) is 0.702. The number of hydrogen-bond acceptors (Lipinski definition) is 3. The van der Waals surface area contributed by atoms with Gasteiger partial charge in [-0.1, -0.05) is 33.6 Å². The molecule has 0 aromatic carbocycles. The van der Waals surface area contributed by atoms with Gasteiger partial charge in [-0.2, -0.15) is 0 Å². The van der Waals surface area contributed by atoms with E-state index in [1.165, 1.54) is 38.5 Å². The fourth-order valence-electron chi connectivity index (χ4n) is 4.35. The summed E-state index contributed by atoms with van der Waals surface area (Å²) < 4.78 is 14.8. The number of hydrogen-bond donors (Lipinski definition) is 0. The summed E-state index contributed by atoms with van der Waals surface area (Å²) in [4.78, 5) is 0. The number of rotatable bonds is 3. The molecule has 2 rings (SSSR count). The second kappa shape index (κ2) is 5.84. The van der Waals surface area contributed by atoms with Gasteiger partial charge in [0, 0.05) is 25.3 Å². The minimum Gasteiger partial charge on any atom is -0.386 e. The van der Waals surface area contributed by atoms with Crippen molar-refractivity contribution in [2.75, 3.05) is 20.8 Å². The third-order valence-corrected chi connectivity index (χ3v) is 9.44. The van der Waals surface area contributed by atoms with Gasteiger partial charge in [0.05, 0.1) is 0 Å². The SMILES string of the molecule is CO[Si](OC)(N1CCCC2CCCCC21)C(C)(C)C. The van der Waals surface area contributed by atoms with E-state index in [9.17, 15) is 0 Å². The lowest BCUT2D eigenvalue weighted by Gasteiger charge is -2.54. The van der Waals surface area contributed by atoms with Gasteiger partial charge in [0.15, 0.2) is 0 Å². The Morgan fingerprint density at radius 1 is 0.947 bits per heavy atom. The van der Waals surface area contributed by atoms with Crippen LogP contribution in [0.5, 0.6) is 0 Å². The highest BCUT2D eigenvalue weighted by Gasteiger charge is 2.57. The predicted molar refractivity (Wildman–Crippen MR) is 81.2 cm³/mol. The van der Waals surface area contributed by atoms with Gasteiger partial charge in [-0.05, 0) is 38.1 Å². The molecule has 0 amide bonds. The Labute approximate surface area is 120 Å². The highest BCUT2D eigenvalue weighted by atomic mass is 28.4. The zero-order chi connectivity index (χ0) is 14.1. The first kappa shape index (κ1) is 15.5. The zero-order valence-corrected chi connectivity index (χ0v) is 14.4. The average Bonchev–Trinajstić information content (AvgIpc) is 2.39. The molecule has 1 saturated heterocycles. The quantitative estimate of drug-likeness (QED) is 0.739. The van der Waals surface area contributed by atoms with Crippen LogP contribution in [0.1, 0.15) is 59.3 Å². The first-order valence-corrected chi connectivity index (χ1v) is 9.59. The van der Waals surface area contributed by atoms with E-state index in [0.29, 0.717) is 6.04 Å². The van der Waals surface area contributed by atoms with Gasteiger partial charge in [0.1, 0.15) is 0 Å². The number of nitrogens with zero attached hydrogens (tertiary/aromatic N) is 1. The number of fused-ring (bicyclic) bond motifs is 1. The topological polar surface area (TPSA) is 21.7 Å². The van der Waals surface area contributed by atoms with Crippen LogP contribution in [0.4, 0.5) is 0 Å². The molecule has 0 aromatic rings. The van der Waals surface area contributed by atoms with Crippen LogP contribution in [0.2, 0.25) is 5.04 Å². The Morgan fingerprint density at radius 3 is 2.11 bits per heavy atom. The van der Waals surface area contributed by atoms with E-state index in [1.54, 1.807) is 0 Å². The number of piperidine rings is 1. The van der Waals surface area contributed by atoms with E-state index in [1.807, 2.05) is 14.2 Å². The standard InChI is InChI=1S/C15H31NO2Si/c1-15(2,3)19(17-4,18-5)16-12-8-10-13-9-6-7-11-14(13)16/h13-14H,6-12H2,1-5H3. The Hall–Kier alpha value is 0.0969. The smallest absolute Gasteiger partial charge is 0.386 e. The van der Waals surface area contributed by atoms with E-state index >= 15 is 0 Å². The van der Waals surface area contributed by atoms with E-state index in [4.69, 9.17) is 8.85 Å². The predicted octanol–water partition coefficient (Wildman–Crippen LogP) is 3.67. The molecule has 2 aliphatic rings. The highest BCUT2D eigenvalue weighted by molar-refractivity contribution is 6.67. The van der Waals surface area contributed by atoms with Crippen LogP contribution >= 0.6 is 0 Å². The van der Waals surface area contributed by atoms with Crippen molar-refractivity contribution in [1.29, 1.82) is 0 Å². The fraction of sp³-hybridized carbons (Fsp3) is 1.00. The van der Waals surface area contributed by atoms with E-state index in [0.717, 1.165) is 12.5 Å². The Morgan fingerprint density at radius 2 is 1.53 bits per heavy atom. The molecule has 19 heavy (non-hydrogen) atoms. The minimum absolute atomic E-state index is 0.0792. The first-order chi connectivity index (χ1) is 8.96. The van der Waals surface area contributed by atoms with Crippen LogP contribution in [0, 0.1) is 5.92 Å². The van der Waals surface area contributed by atoms with E-state index in [2.05, 4.69) is 25.3 Å². The molecule has 2 unspecified atom stereocenters.